The van der Waals surface area contributed by atoms with E-state index in [2.05, 4.69) is 17.2 Å². The number of carbonyl (C=O) groups excluding carboxylic acids is 1. The molecular weight excluding hydrogens is 274 g/mol. The Morgan fingerprint density at radius 2 is 2.00 bits per heavy atom. The lowest BCUT2D eigenvalue weighted by molar-refractivity contribution is 0.111. The van der Waals surface area contributed by atoms with Gasteiger partial charge in [0.15, 0.2) is 12.0 Å². The van der Waals surface area contributed by atoms with Crippen LogP contribution < -0.4 is 0 Å². The maximum absolute atomic E-state index is 11.0. The van der Waals surface area contributed by atoms with Crippen molar-refractivity contribution < 1.29 is 4.79 Å². The van der Waals surface area contributed by atoms with Gasteiger partial charge in [-0.1, -0.05) is 48.4 Å². The first-order chi connectivity index (χ1) is 9.74. The van der Waals surface area contributed by atoms with Crippen molar-refractivity contribution in [2.24, 2.45) is 0 Å². The summed E-state index contributed by atoms with van der Waals surface area (Å²) in [6, 6.07) is 7.49. The molecule has 1 aromatic carbocycles. The molecule has 2 rings (SSSR count). The fraction of sp³-hybridized carbons (Fsp3) is 0.267. The Kier molecular flexibility index (Phi) is 5.07. The van der Waals surface area contributed by atoms with Crippen LogP contribution in [0.5, 0.6) is 0 Å². The van der Waals surface area contributed by atoms with E-state index in [9.17, 15) is 4.79 Å². The molecule has 0 aliphatic heterocycles. The summed E-state index contributed by atoms with van der Waals surface area (Å²) in [5.74, 6) is 0. The van der Waals surface area contributed by atoms with E-state index in [0.29, 0.717) is 10.7 Å². The molecule has 5 heteroatoms. The minimum atomic E-state index is 0.367. The molecule has 0 atom stereocenters. The van der Waals surface area contributed by atoms with Gasteiger partial charge in [0, 0.05) is 11.6 Å². The van der Waals surface area contributed by atoms with Gasteiger partial charge in [0.05, 0.1) is 5.69 Å². The molecule has 0 spiro atoms. The van der Waals surface area contributed by atoms with Crippen LogP contribution in [0.3, 0.4) is 0 Å². The van der Waals surface area contributed by atoms with Gasteiger partial charge in [-0.05, 0) is 30.2 Å². The van der Waals surface area contributed by atoms with E-state index in [-0.39, 0.29) is 0 Å². The summed E-state index contributed by atoms with van der Waals surface area (Å²) in [7, 11) is 0. The zero-order valence-corrected chi connectivity index (χ0v) is 12.0. The Morgan fingerprint density at radius 3 is 2.65 bits per heavy atom. The third kappa shape index (κ3) is 3.54. The van der Waals surface area contributed by atoms with Gasteiger partial charge in [0.2, 0.25) is 0 Å². The number of rotatable bonds is 6. The summed E-state index contributed by atoms with van der Waals surface area (Å²) >= 11 is 5.85. The topological polar surface area (TPSA) is 47.8 Å². The maximum atomic E-state index is 11.0. The second-order valence-corrected chi connectivity index (χ2v) is 4.88. The number of unbranched alkanes of at least 4 members (excludes halogenated alkanes) is 1. The van der Waals surface area contributed by atoms with Gasteiger partial charge < -0.3 is 0 Å². The van der Waals surface area contributed by atoms with Crippen molar-refractivity contribution in [2.75, 3.05) is 0 Å². The van der Waals surface area contributed by atoms with E-state index in [1.54, 1.807) is 4.68 Å². The molecule has 104 valence electrons. The van der Waals surface area contributed by atoms with Gasteiger partial charge in [-0.15, -0.1) is 5.10 Å². The smallest absolute Gasteiger partial charge is 0.172 e. The van der Waals surface area contributed by atoms with Crippen LogP contribution in [0.4, 0.5) is 0 Å². The molecule has 1 aromatic heterocycles. The molecule has 0 N–H and O–H groups in total. The molecule has 2 aromatic rings. The van der Waals surface area contributed by atoms with Crippen molar-refractivity contribution in [3.05, 3.63) is 46.2 Å². The molecule has 0 bridgehead atoms. The van der Waals surface area contributed by atoms with Gasteiger partial charge >= 0.3 is 0 Å². The first-order valence-corrected chi connectivity index (χ1v) is 6.94. The van der Waals surface area contributed by atoms with Crippen LogP contribution in [0.15, 0.2) is 24.3 Å². The summed E-state index contributed by atoms with van der Waals surface area (Å²) in [5.41, 5.74) is 2.12. The predicted molar refractivity (Wildman–Crippen MR) is 80.7 cm³/mol. The van der Waals surface area contributed by atoms with E-state index in [4.69, 9.17) is 11.6 Å². The lowest BCUT2D eigenvalue weighted by atomic mass is 10.2. The summed E-state index contributed by atoms with van der Waals surface area (Å²) in [5, 5.41) is 8.60. The van der Waals surface area contributed by atoms with Crippen LogP contribution in [0.1, 0.15) is 41.5 Å². The second-order valence-electron chi connectivity index (χ2n) is 4.44. The third-order valence-electron chi connectivity index (χ3n) is 2.94. The zero-order valence-electron chi connectivity index (χ0n) is 11.3. The average molecular weight is 290 g/mol. The van der Waals surface area contributed by atoms with Crippen LogP contribution in [-0.2, 0) is 6.54 Å². The quantitative estimate of drug-likeness (QED) is 0.762. The van der Waals surface area contributed by atoms with E-state index in [1.807, 2.05) is 36.4 Å². The minimum absolute atomic E-state index is 0.367. The highest BCUT2D eigenvalue weighted by atomic mass is 35.5. The Bertz CT molecular complexity index is 602. The number of aldehydes is 1. The van der Waals surface area contributed by atoms with E-state index >= 15 is 0 Å². The summed E-state index contributed by atoms with van der Waals surface area (Å²) in [6.07, 6.45) is 6.59. The fourth-order valence-corrected chi connectivity index (χ4v) is 1.94. The molecule has 4 nitrogen and oxygen atoms in total. The molecular formula is C15H16ClN3O. The Balaban J connectivity index is 2.24. The summed E-state index contributed by atoms with van der Waals surface area (Å²) in [4.78, 5) is 11.0. The molecule has 0 saturated heterocycles. The molecule has 0 unspecified atom stereocenters. The van der Waals surface area contributed by atoms with Crippen LogP contribution >= 0.6 is 11.6 Å². The van der Waals surface area contributed by atoms with Gasteiger partial charge in [0.1, 0.15) is 0 Å². The number of nitrogens with zero attached hydrogens (tertiary/aromatic N) is 3. The van der Waals surface area contributed by atoms with E-state index in [1.165, 1.54) is 0 Å². The standard InChI is InChI=1S/C15H16ClN3O/c1-2-3-10-19-15(14(11-20)17-18-19)9-6-12-4-7-13(16)8-5-12/h4-9,11H,2-3,10H2,1H3/b9-6+. The first-order valence-electron chi connectivity index (χ1n) is 6.57. The Morgan fingerprint density at radius 1 is 1.25 bits per heavy atom. The number of hydrogen-bond acceptors (Lipinski definition) is 3. The van der Waals surface area contributed by atoms with Crippen molar-refractivity contribution in [2.45, 2.75) is 26.3 Å². The maximum Gasteiger partial charge on any atom is 0.172 e. The van der Waals surface area contributed by atoms with Crippen LogP contribution in [0.25, 0.3) is 12.2 Å². The Hall–Kier alpha value is -1.94. The largest absolute Gasteiger partial charge is 0.296 e. The number of aromatic nitrogens is 3. The summed E-state index contributed by atoms with van der Waals surface area (Å²) < 4.78 is 1.76. The average Bonchev–Trinajstić information content (AvgIpc) is 2.86. The SMILES string of the molecule is CCCCn1nnc(C=O)c1/C=C/c1ccc(Cl)cc1. The van der Waals surface area contributed by atoms with Crippen molar-refractivity contribution in [1.29, 1.82) is 0 Å². The lowest BCUT2D eigenvalue weighted by Crippen LogP contribution is -2.02. The lowest BCUT2D eigenvalue weighted by Gasteiger charge is -2.02. The minimum Gasteiger partial charge on any atom is -0.296 e. The first kappa shape index (κ1) is 14.5. The van der Waals surface area contributed by atoms with Gasteiger partial charge in [-0.25, -0.2) is 4.68 Å². The predicted octanol–water partition coefficient (Wildman–Crippen LogP) is 3.71. The van der Waals surface area contributed by atoms with Crippen LogP contribution in [0, 0.1) is 0 Å². The van der Waals surface area contributed by atoms with Crippen molar-refractivity contribution >= 4 is 30.0 Å². The number of benzene rings is 1. The second kappa shape index (κ2) is 7.01. The highest BCUT2D eigenvalue weighted by molar-refractivity contribution is 6.30. The highest BCUT2D eigenvalue weighted by Gasteiger charge is 2.08. The molecule has 20 heavy (non-hydrogen) atoms. The normalized spacial score (nSPS) is 11.1. The molecule has 0 amide bonds. The molecule has 1 heterocycles. The van der Waals surface area contributed by atoms with E-state index in [0.717, 1.165) is 36.9 Å². The van der Waals surface area contributed by atoms with Crippen molar-refractivity contribution in [3.8, 4) is 0 Å². The van der Waals surface area contributed by atoms with Gasteiger partial charge in [-0.2, -0.15) is 0 Å². The molecule has 0 radical (unpaired) electrons. The number of aryl methyl sites for hydroxylation is 1. The number of halogens is 1. The number of carbonyl (C=O) groups is 1. The fourth-order valence-electron chi connectivity index (χ4n) is 1.81. The van der Waals surface area contributed by atoms with Crippen molar-refractivity contribution in [3.63, 3.8) is 0 Å². The monoisotopic (exact) mass is 289 g/mol. The molecule has 0 fully saturated rings. The molecule has 0 aliphatic carbocycles. The third-order valence-corrected chi connectivity index (χ3v) is 3.19. The van der Waals surface area contributed by atoms with E-state index < -0.39 is 0 Å². The van der Waals surface area contributed by atoms with Crippen molar-refractivity contribution in [1.82, 2.24) is 15.0 Å². The molecule has 0 saturated carbocycles. The van der Waals surface area contributed by atoms with Gasteiger partial charge in [-0.3, -0.25) is 4.79 Å². The highest BCUT2D eigenvalue weighted by Crippen LogP contribution is 2.14. The van der Waals surface area contributed by atoms with Crippen LogP contribution in [-0.4, -0.2) is 21.3 Å². The van der Waals surface area contributed by atoms with Gasteiger partial charge in [0.25, 0.3) is 0 Å². The Labute approximate surface area is 123 Å². The number of hydrogen-bond donors (Lipinski definition) is 0. The zero-order chi connectivity index (χ0) is 14.4. The summed E-state index contributed by atoms with van der Waals surface area (Å²) in [6.45, 7) is 2.87. The van der Waals surface area contributed by atoms with Crippen LogP contribution in [0.2, 0.25) is 5.02 Å². The molecule has 0 aliphatic rings.